The summed E-state index contributed by atoms with van der Waals surface area (Å²) < 4.78 is 4.84. The van der Waals surface area contributed by atoms with Crippen molar-refractivity contribution < 1.29 is 4.74 Å². The van der Waals surface area contributed by atoms with Gasteiger partial charge in [0.15, 0.2) is 0 Å². The zero-order chi connectivity index (χ0) is 5.70. The summed E-state index contributed by atoms with van der Waals surface area (Å²) in [5, 5.41) is 0. The maximum Gasteiger partial charge on any atom is 0.0951 e. The van der Waals surface area contributed by atoms with Gasteiger partial charge >= 0.3 is 0 Å². The second-order valence-electron chi connectivity index (χ2n) is 1.35. The van der Waals surface area contributed by atoms with Crippen molar-refractivity contribution >= 4 is 0 Å². The molecule has 1 atom stereocenters. The molecule has 2 radical (unpaired) electrons. The van der Waals surface area contributed by atoms with E-state index in [-0.39, 0.29) is 6.10 Å². The first-order valence-corrected chi connectivity index (χ1v) is 2.25. The highest BCUT2D eigenvalue weighted by Crippen LogP contribution is 1.85. The van der Waals surface area contributed by atoms with E-state index in [0.717, 1.165) is 0 Å². The molecule has 0 aromatic heterocycles. The summed E-state index contributed by atoms with van der Waals surface area (Å²) >= 11 is 0. The maximum atomic E-state index is 4.84. The van der Waals surface area contributed by atoms with Crippen molar-refractivity contribution in [1.29, 1.82) is 0 Å². The van der Waals surface area contributed by atoms with Crippen LogP contribution in [-0.4, -0.2) is 6.10 Å². The molecule has 0 aromatic carbocycles. The monoisotopic (exact) mass is 98.1 g/mol. The Kier molecular flexibility index (Phi) is 3.48. The molecule has 0 bridgehead atoms. The Hall–Kier alpha value is -0.460. The summed E-state index contributed by atoms with van der Waals surface area (Å²) in [4.78, 5) is 0. The first kappa shape index (κ1) is 6.54. The number of hydrogen-bond donors (Lipinski definition) is 0. The molecule has 0 saturated carbocycles. The lowest BCUT2D eigenvalue weighted by Gasteiger charge is -2.00. The predicted molar refractivity (Wildman–Crippen MR) is 29.4 cm³/mol. The van der Waals surface area contributed by atoms with Crippen molar-refractivity contribution in [1.82, 2.24) is 0 Å². The zero-order valence-corrected chi connectivity index (χ0v) is 4.77. The normalized spacial score (nSPS) is 10.9. The van der Waals surface area contributed by atoms with Gasteiger partial charge in [0.2, 0.25) is 0 Å². The molecule has 0 N–H and O–H groups in total. The minimum Gasteiger partial charge on any atom is -0.498 e. The second-order valence-corrected chi connectivity index (χ2v) is 1.35. The van der Waals surface area contributed by atoms with Crippen LogP contribution in [0.1, 0.15) is 13.8 Å². The summed E-state index contributed by atoms with van der Waals surface area (Å²) in [6.07, 6.45) is 4.26. The Morgan fingerprint density at radius 2 is 2.43 bits per heavy atom. The van der Waals surface area contributed by atoms with E-state index in [4.69, 9.17) is 4.74 Å². The number of ether oxygens (including phenoxy) is 1. The van der Waals surface area contributed by atoms with E-state index in [9.17, 15) is 0 Å². The molecule has 0 amide bonds. The van der Waals surface area contributed by atoms with Crippen LogP contribution in [0.2, 0.25) is 0 Å². The summed E-state index contributed by atoms with van der Waals surface area (Å²) in [5.74, 6) is 0. The fraction of sp³-hybridized carbons (Fsp3) is 0.500. The molecule has 40 valence electrons. The van der Waals surface area contributed by atoms with Gasteiger partial charge in [-0.2, -0.15) is 0 Å². The highest BCUT2D eigenvalue weighted by atomic mass is 16.5. The third kappa shape index (κ3) is 5.54. The summed E-state index contributed by atoms with van der Waals surface area (Å²) in [7, 11) is 0. The smallest absolute Gasteiger partial charge is 0.0951 e. The van der Waals surface area contributed by atoms with Crippen LogP contribution < -0.4 is 0 Å². The molecule has 0 fully saturated rings. The minimum atomic E-state index is 0.0347. The summed E-state index contributed by atoms with van der Waals surface area (Å²) in [5.41, 5.74) is 0. The van der Waals surface area contributed by atoms with Crippen molar-refractivity contribution in [2.75, 3.05) is 0 Å². The van der Waals surface area contributed by atoms with Gasteiger partial charge in [-0.3, -0.25) is 0 Å². The van der Waals surface area contributed by atoms with E-state index >= 15 is 0 Å². The molecule has 0 saturated heterocycles. The Morgan fingerprint density at radius 3 is 2.57 bits per heavy atom. The molecule has 0 aliphatic heterocycles. The fourth-order valence-corrected chi connectivity index (χ4v) is 0.184. The van der Waals surface area contributed by atoms with E-state index in [1.165, 1.54) is 6.26 Å². The van der Waals surface area contributed by atoms with E-state index in [1.807, 2.05) is 6.92 Å². The lowest BCUT2D eigenvalue weighted by molar-refractivity contribution is 0.200. The van der Waals surface area contributed by atoms with E-state index < -0.39 is 0 Å². The Morgan fingerprint density at radius 1 is 1.86 bits per heavy atom. The van der Waals surface area contributed by atoms with Crippen LogP contribution in [-0.2, 0) is 4.74 Å². The molecule has 7 heavy (non-hydrogen) atoms. The van der Waals surface area contributed by atoms with Crippen LogP contribution in [0, 0.1) is 13.0 Å². The highest BCUT2D eigenvalue weighted by molar-refractivity contribution is 4.60. The van der Waals surface area contributed by atoms with E-state index in [0.29, 0.717) is 0 Å². The van der Waals surface area contributed by atoms with Gasteiger partial charge in [0.25, 0.3) is 0 Å². The molecule has 0 heterocycles. The molecule has 0 rings (SSSR count). The van der Waals surface area contributed by atoms with Crippen LogP contribution in [0.5, 0.6) is 0 Å². The first-order chi connectivity index (χ1) is 3.27. The van der Waals surface area contributed by atoms with Crippen molar-refractivity contribution in [3.8, 4) is 0 Å². The first-order valence-electron chi connectivity index (χ1n) is 2.25. The standard InChI is InChI=1S/C6H10O/c1-4-5-7-6(2)3/h5-6H,2H2,1,3H3. The van der Waals surface area contributed by atoms with Crippen LogP contribution >= 0.6 is 0 Å². The third-order valence-electron chi connectivity index (χ3n) is 0.418. The summed E-state index contributed by atoms with van der Waals surface area (Å²) in [6.45, 7) is 7.23. The van der Waals surface area contributed by atoms with Gasteiger partial charge in [-0.25, -0.2) is 0 Å². The van der Waals surface area contributed by atoms with Gasteiger partial charge < -0.3 is 4.74 Å². The van der Waals surface area contributed by atoms with Crippen molar-refractivity contribution in [2.45, 2.75) is 20.0 Å². The average molecular weight is 98.1 g/mol. The van der Waals surface area contributed by atoms with Gasteiger partial charge in [-0.15, -0.1) is 0 Å². The van der Waals surface area contributed by atoms with Gasteiger partial charge in [0, 0.05) is 0 Å². The topological polar surface area (TPSA) is 9.23 Å². The zero-order valence-electron chi connectivity index (χ0n) is 4.77. The second kappa shape index (κ2) is 3.72. The lowest BCUT2D eigenvalue weighted by Crippen LogP contribution is -1.94. The van der Waals surface area contributed by atoms with Crippen molar-refractivity contribution in [3.63, 3.8) is 0 Å². The van der Waals surface area contributed by atoms with E-state index in [1.54, 1.807) is 6.92 Å². The predicted octanol–water partition coefficient (Wildman–Crippen LogP) is 1.56. The van der Waals surface area contributed by atoms with Crippen molar-refractivity contribution in [3.05, 3.63) is 19.3 Å². The van der Waals surface area contributed by atoms with Crippen LogP contribution in [0.15, 0.2) is 6.26 Å². The molecule has 0 aliphatic rings. The molecule has 1 unspecified atom stereocenters. The maximum absolute atomic E-state index is 4.84. The largest absolute Gasteiger partial charge is 0.498 e. The quantitative estimate of drug-likeness (QED) is 0.476. The van der Waals surface area contributed by atoms with Crippen LogP contribution in [0.3, 0.4) is 0 Å². The molecule has 1 heteroatoms. The third-order valence-corrected chi connectivity index (χ3v) is 0.418. The Bertz CT molecular complexity index is 55.2. The SMILES string of the molecule is [CH2]C(C)O/C=[C]/C. The number of allylic oxidation sites excluding steroid dienone is 1. The number of hydrogen-bond acceptors (Lipinski definition) is 1. The molecule has 1 nitrogen and oxygen atoms in total. The van der Waals surface area contributed by atoms with Gasteiger partial charge in [0.1, 0.15) is 0 Å². The summed E-state index contributed by atoms with van der Waals surface area (Å²) in [6, 6.07) is 0. The molecular formula is C6H10O. The fourth-order valence-electron chi connectivity index (χ4n) is 0.184. The van der Waals surface area contributed by atoms with Crippen LogP contribution in [0.25, 0.3) is 0 Å². The van der Waals surface area contributed by atoms with Crippen molar-refractivity contribution in [2.24, 2.45) is 0 Å². The van der Waals surface area contributed by atoms with Gasteiger partial charge in [-0.1, -0.05) is 0 Å². The van der Waals surface area contributed by atoms with Crippen LogP contribution in [0.4, 0.5) is 0 Å². The van der Waals surface area contributed by atoms with E-state index in [2.05, 4.69) is 13.0 Å². The van der Waals surface area contributed by atoms with Gasteiger partial charge in [-0.05, 0) is 26.8 Å². The minimum absolute atomic E-state index is 0.0347. The Balaban J connectivity index is 2.97. The molecule has 0 aromatic rings. The lowest BCUT2D eigenvalue weighted by atomic mass is 10.5. The molecular weight excluding hydrogens is 88.1 g/mol. The highest BCUT2D eigenvalue weighted by Gasteiger charge is 1.82. The molecule has 0 aliphatic carbocycles. The van der Waals surface area contributed by atoms with Gasteiger partial charge in [0.05, 0.1) is 12.4 Å². The number of rotatable bonds is 2. The molecule has 0 spiro atoms. The average Bonchev–Trinajstić information content (AvgIpc) is 1.61. The Labute approximate surface area is 45.0 Å².